The predicted octanol–water partition coefficient (Wildman–Crippen LogP) is 16.8. The van der Waals surface area contributed by atoms with Crippen LogP contribution in [0, 0.1) is 0 Å². The zero-order valence-electron chi connectivity index (χ0n) is 34.4. The van der Waals surface area contributed by atoms with Gasteiger partial charge in [0, 0.05) is 38.5 Å². The zero-order valence-corrected chi connectivity index (χ0v) is 34.4. The maximum atomic E-state index is 6.86. The number of nitrogens with zero attached hydrogens (tertiary/aromatic N) is 2. The van der Waals surface area contributed by atoms with Crippen LogP contribution in [0.2, 0.25) is 0 Å². The van der Waals surface area contributed by atoms with Crippen molar-refractivity contribution in [3.05, 3.63) is 243 Å². The number of anilines is 3. The Bertz CT molecular complexity index is 3620. The second kappa shape index (κ2) is 15.3. The molecule has 12 rings (SSSR count). The fraction of sp³-hybridized carbons (Fsp3) is 0. The normalized spacial score (nSPS) is 11.5. The molecule has 0 saturated heterocycles. The van der Waals surface area contributed by atoms with E-state index in [0.29, 0.717) is 0 Å². The SMILES string of the molecule is c1ccc(-c2ccccc2-c2c(-c3ccccc3)cccc2N(c2cccc(-c3ccc4c(c3)c3ccccc3n4-c3ccccc3)c2)c2cccc3c2oc2ccccc23)cc1. The molecule has 0 radical (unpaired) electrons. The van der Waals surface area contributed by atoms with Crippen molar-refractivity contribution in [2.45, 2.75) is 0 Å². The first-order chi connectivity index (χ1) is 31.3. The third-order valence-electron chi connectivity index (χ3n) is 12.4. The predicted molar refractivity (Wildman–Crippen MR) is 264 cm³/mol. The lowest BCUT2D eigenvalue weighted by Crippen LogP contribution is -2.12. The lowest BCUT2D eigenvalue weighted by molar-refractivity contribution is 0.669. The Kier molecular flexibility index (Phi) is 8.83. The molecule has 10 aromatic carbocycles. The first-order valence-corrected chi connectivity index (χ1v) is 21.5. The van der Waals surface area contributed by atoms with Gasteiger partial charge in [0.25, 0.3) is 0 Å². The Morgan fingerprint density at radius 3 is 1.70 bits per heavy atom. The van der Waals surface area contributed by atoms with E-state index in [-0.39, 0.29) is 0 Å². The molecule has 0 amide bonds. The molecule has 63 heavy (non-hydrogen) atoms. The molecule has 3 heteroatoms. The Morgan fingerprint density at radius 1 is 0.333 bits per heavy atom. The summed E-state index contributed by atoms with van der Waals surface area (Å²) in [5.74, 6) is 0. The maximum Gasteiger partial charge on any atom is 0.159 e. The van der Waals surface area contributed by atoms with Gasteiger partial charge in [0.05, 0.1) is 22.4 Å². The second-order valence-electron chi connectivity index (χ2n) is 16.0. The Morgan fingerprint density at radius 2 is 0.889 bits per heavy atom. The van der Waals surface area contributed by atoms with E-state index >= 15 is 0 Å². The van der Waals surface area contributed by atoms with Gasteiger partial charge < -0.3 is 13.9 Å². The van der Waals surface area contributed by atoms with E-state index in [1.54, 1.807) is 0 Å². The average molecular weight is 805 g/mol. The number of para-hydroxylation sites is 4. The second-order valence-corrected chi connectivity index (χ2v) is 16.0. The van der Waals surface area contributed by atoms with Crippen LogP contribution in [-0.2, 0) is 0 Å². The molecule has 0 fully saturated rings. The summed E-state index contributed by atoms with van der Waals surface area (Å²) < 4.78 is 9.23. The molecule has 0 saturated carbocycles. The van der Waals surface area contributed by atoms with Gasteiger partial charge in [0.15, 0.2) is 5.58 Å². The lowest BCUT2D eigenvalue weighted by atomic mass is 9.87. The Balaban J connectivity index is 1.12. The fourth-order valence-corrected chi connectivity index (χ4v) is 9.59. The van der Waals surface area contributed by atoms with Crippen molar-refractivity contribution in [1.29, 1.82) is 0 Å². The van der Waals surface area contributed by atoms with E-state index in [0.717, 1.165) is 78.1 Å². The molecule has 2 aromatic heterocycles. The summed E-state index contributed by atoms with van der Waals surface area (Å²) in [5.41, 5.74) is 17.4. The summed E-state index contributed by atoms with van der Waals surface area (Å²) >= 11 is 0. The average Bonchev–Trinajstić information content (AvgIpc) is 3.91. The summed E-state index contributed by atoms with van der Waals surface area (Å²) in [6.07, 6.45) is 0. The molecule has 0 spiro atoms. The molecule has 0 unspecified atom stereocenters. The maximum absolute atomic E-state index is 6.86. The van der Waals surface area contributed by atoms with E-state index < -0.39 is 0 Å². The fourth-order valence-electron chi connectivity index (χ4n) is 9.59. The first-order valence-electron chi connectivity index (χ1n) is 21.5. The van der Waals surface area contributed by atoms with Crippen LogP contribution in [-0.4, -0.2) is 4.57 Å². The van der Waals surface area contributed by atoms with Crippen molar-refractivity contribution in [3.8, 4) is 50.2 Å². The van der Waals surface area contributed by atoms with Crippen molar-refractivity contribution in [2.75, 3.05) is 4.90 Å². The van der Waals surface area contributed by atoms with E-state index in [1.807, 2.05) is 6.07 Å². The molecular formula is C60H40N2O. The molecule has 0 aliphatic carbocycles. The number of hydrogen-bond donors (Lipinski definition) is 0. The first kappa shape index (κ1) is 36.5. The molecule has 3 nitrogen and oxygen atoms in total. The van der Waals surface area contributed by atoms with Gasteiger partial charge in [-0.2, -0.15) is 0 Å². The molecule has 2 heterocycles. The van der Waals surface area contributed by atoms with Gasteiger partial charge in [0.1, 0.15) is 5.58 Å². The molecule has 12 aromatic rings. The van der Waals surface area contributed by atoms with Gasteiger partial charge in [-0.15, -0.1) is 0 Å². The Hall–Kier alpha value is -8.40. The monoisotopic (exact) mass is 804 g/mol. The standard InChI is InChI=1S/C60H40N2O/c1-4-19-41(20-5-1)47-27-10-11-30-51(47)59-48(42-21-6-2-7-22-42)31-17-34-56(59)62(57-35-18-32-52-50-29-13-15-36-58(50)63-60(52)57)46-26-16-23-43(39-46)44-37-38-55-53(40-44)49-28-12-14-33-54(49)61(55)45-24-8-3-9-25-45/h1-40H. The van der Waals surface area contributed by atoms with Crippen LogP contribution in [0.25, 0.3) is 93.9 Å². The minimum Gasteiger partial charge on any atom is -0.454 e. The molecule has 0 bridgehead atoms. The van der Waals surface area contributed by atoms with Crippen LogP contribution in [0.15, 0.2) is 247 Å². The summed E-state index contributed by atoms with van der Waals surface area (Å²) in [5, 5.41) is 4.62. The van der Waals surface area contributed by atoms with E-state index in [9.17, 15) is 0 Å². The number of aromatic nitrogens is 1. The van der Waals surface area contributed by atoms with E-state index in [4.69, 9.17) is 4.42 Å². The van der Waals surface area contributed by atoms with Crippen molar-refractivity contribution in [2.24, 2.45) is 0 Å². The third-order valence-corrected chi connectivity index (χ3v) is 12.4. The topological polar surface area (TPSA) is 21.3 Å². The molecule has 0 N–H and O–H groups in total. The molecule has 0 aliphatic heterocycles. The van der Waals surface area contributed by atoms with Gasteiger partial charge in [-0.3, -0.25) is 0 Å². The molecule has 0 atom stereocenters. The number of furan rings is 1. The van der Waals surface area contributed by atoms with Gasteiger partial charge in [-0.05, 0) is 99.6 Å². The highest BCUT2D eigenvalue weighted by Gasteiger charge is 2.26. The van der Waals surface area contributed by atoms with Gasteiger partial charge in [-0.25, -0.2) is 0 Å². The van der Waals surface area contributed by atoms with Gasteiger partial charge in [0.2, 0.25) is 0 Å². The van der Waals surface area contributed by atoms with Crippen LogP contribution >= 0.6 is 0 Å². The number of benzene rings is 10. The quantitative estimate of drug-likeness (QED) is 0.153. The van der Waals surface area contributed by atoms with Crippen molar-refractivity contribution in [3.63, 3.8) is 0 Å². The highest BCUT2D eigenvalue weighted by atomic mass is 16.3. The van der Waals surface area contributed by atoms with Crippen molar-refractivity contribution >= 4 is 60.8 Å². The zero-order chi connectivity index (χ0) is 41.7. The number of rotatable bonds is 8. The largest absolute Gasteiger partial charge is 0.454 e. The molecule has 296 valence electrons. The van der Waals surface area contributed by atoms with E-state index in [1.165, 1.54) is 32.9 Å². The highest BCUT2D eigenvalue weighted by Crippen LogP contribution is 2.50. The van der Waals surface area contributed by atoms with Gasteiger partial charge in [-0.1, -0.05) is 182 Å². The van der Waals surface area contributed by atoms with E-state index in [2.05, 4.69) is 246 Å². The number of hydrogen-bond acceptors (Lipinski definition) is 2. The van der Waals surface area contributed by atoms with Crippen LogP contribution in [0.1, 0.15) is 0 Å². The van der Waals surface area contributed by atoms with Crippen molar-refractivity contribution in [1.82, 2.24) is 4.57 Å². The van der Waals surface area contributed by atoms with Crippen LogP contribution < -0.4 is 4.90 Å². The molecular weight excluding hydrogens is 765 g/mol. The summed E-state index contributed by atoms with van der Waals surface area (Å²) in [6, 6.07) is 87.1. The minimum absolute atomic E-state index is 0.839. The minimum atomic E-state index is 0.839. The highest BCUT2D eigenvalue weighted by molar-refractivity contribution is 6.13. The summed E-state index contributed by atoms with van der Waals surface area (Å²) in [7, 11) is 0. The van der Waals surface area contributed by atoms with Crippen LogP contribution in [0.4, 0.5) is 17.1 Å². The Labute approximate surface area is 366 Å². The number of fused-ring (bicyclic) bond motifs is 6. The van der Waals surface area contributed by atoms with Crippen LogP contribution in [0.3, 0.4) is 0 Å². The smallest absolute Gasteiger partial charge is 0.159 e. The van der Waals surface area contributed by atoms with Gasteiger partial charge >= 0.3 is 0 Å². The summed E-state index contributed by atoms with van der Waals surface area (Å²) in [6.45, 7) is 0. The van der Waals surface area contributed by atoms with Crippen LogP contribution in [0.5, 0.6) is 0 Å². The lowest BCUT2D eigenvalue weighted by Gasteiger charge is -2.30. The molecule has 0 aliphatic rings. The van der Waals surface area contributed by atoms with Crippen molar-refractivity contribution < 1.29 is 4.42 Å². The summed E-state index contributed by atoms with van der Waals surface area (Å²) in [4.78, 5) is 2.41. The third kappa shape index (κ3) is 6.21.